The zero-order valence-corrected chi connectivity index (χ0v) is 13.0. The van der Waals surface area contributed by atoms with Crippen LogP contribution in [0, 0.1) is 6.92 Å². The van der Waals surface area contributed by atoms with E-state index in [-0.39, 0.29) is 5.91 Å². The number of nitrogens with two attached hydrogens (primary N) is 1. The second-order valence-corrected chi connectivity index (χ2v) is 6.45. The van der Waals surface area contributed by atoms with E-state index in [1.165, 1.54) is 24.2 Å². The number of nitrogens with zero attached hydrogens (tertiary/aromatic N) is 2. The molecule has 6 heteroatoms. The van der Waals surface area contributed by atoms with Gasteiger partial charge in [0.25, 0.3) is 5.91 Å². The lowest BCUT2D eigenvalue weighted by Crippen LogP contribution is -2.33. The van der Waals surface area contributed by atoms with Crippen LogP contribution in [0.5, 0.6) is 0 Å². The quantitative estimate of drug-likeness (QED) is 0.906. The normalized spacial score (nSPS) is 15.7. The van der Waals surface area contributed by atoms with E-state index in [4.69, 9.17) is 5.73 Å². The van der Waals surface area contributed by atoms with Crippen molar-refractivity contribution in [3.63, 3.8) is 0 Å². The lowest BCUT2D eigenvalue weighted by atomic mass is 10.2. The summed E-state index contributed by atoms with van der Waals surface area (Å²) in [5.41, 5.74) is 7.56. The number of aryl methyl sites for hydroxylation is 1. The number of carbonyl (C=O) groups excluding carboxylic acids is 1. The molecule has 0 aliphatic carbocycles. The van der Waals surface area contributed by atoms with Crippen molar-refractivity contribution in [2.24, 2.45) is 0 Å². The number of nitrogen functional groups attached to an aromatic ring is 1. The lowest BCUT2D eigenvalue weighted by molar-refractivity contribution is 0.0954. The number of pyridine rings is 1. The molecule has 3 rings (SSSR count). The molecule has 0 saturated carbocycles. The molecule has 1 aliphatic heterocycles. The Labute approximate surface area is 128 Å². The molecule has 5 nitrogen and oxygen atoms in total. The van der Waals surface area contributed by atoms with Crippen LogP contribution in [0.3, 0.4) is 0 Å². The maximum Gasteiger partial charge on any atom is 0.263 e. The fraction of sp³-hybridized carbons (Fsp3) is 0.467. The van der Waals surface area contributed by atoms with Gasteiger partial charge in [-0.2, -0.15) is 0 Å². The maximum absolute atomic E-state index is 12.3. The van der Waals surface area contributed by atoms with Crippen LogP contribution < -0.4 is 11.1 Å². The number of nitrogens with one attached hydrogen (secondary N) is 1. The number of likely N-dealkylation sites (tertiary alicyclic amines) is 1. The van der Waals surface area contributed by atoms with Crippen LogP contribution in [0.4, 0.5) is 5.69 Å². The van der Waals surface area contributed by atoms with Gasteiger partial charge in [-0.1, -0.05) is 0 Å². The van der Waals surface area contributed by atoms with Crippen LogP contribution in [0.15, 0.2) is 12.1 Å². The summed E-state index contributed by atoms with van der Waals surface area (Å²) in [6, 6.07) is 3.85. The van der Waals surface area contributed by atoms with Crippen molar-refractivity contribution in [1.82, 2.24) is 15.2 Å². The van der Waals surface area contributed by atoms with Crippen LogP contribution in [0.25, 0.3) is 10.2 Å². The predicted molar refractivity (Wildman–Crippen MR) is 86.8 cm³/mol. The van der Waals surface area contributed by atoms with Crippen LogP contribution >= 0.6 is 11.3 Å². The van der Waals surface area contributed by atoms with E-state index in [1.54, 1.807) is 0 Å². The molecule has 1 amide bonds. The van der Waals surface area contributed by atoms with Crippen molar-refractivity contribution in [3.05, 3.63) is 22.7 Å². The number of amides is 1. The second-order valence-electron chi connectivity index (χ2n) is 5.45. The number of carbonyl (C=O) groups is 1. The first-order valence-electron chi connectivity index (χ1n) is 7.31. The van der Waals surface area contributed by atoms with Crippen molar-refractivity contribution < 1.29 is 4.79 Å². The predicted octanol–water partition coefficient (Wildman–Crippen LogP) is 2.01. The van der Waals surface area contributed by atoms with Gasteiger partial charge < -0.3 is 16.0 Å². The number of fused-ring (bicyclic) bond motifs is 1. The highest BCUT2D eigenvalue weighted by Gasteiger charge is 2.17. The Bertz CT molecular complexity index is 661. The third-order valence-corrected chi connectivity index (χ3v) is 4.97. The van der Waals surface area contributed by atoms with E-state index in [1.807, 2.05) is 19.1 Å². The molecule has 1 saturated heterocycles. The molecule has 0 aromatic carbocycles. The van der Waals surface area contributed by atoms with Crippen molar-refractivity contribution in [3.8, 4) is 0 Å². The van der Waals surface area contributed by atoms with Gasteiger partial charge in [0.2, 0.25) is 0 Å². The van der Waals surface area contributed by atoms with Crippen molar-refractivity contribution in [1.29, 1.82) is 0 Å². The fourth-order valence-electron chi connectivity index (χ4n) is 2.67. The molecule has 0 unspecified atom stereocenters. The van der Waals surface area contributed by atoms with Gasteiger partial charge in [0.05, 0.1) is 5.69 Å². The van der Waals surface area contributed by atoms with Crippen molar-refractivity contribution in [2.75, 3.05) is 31.9 Å². The minimum atomic E-state index is -0.0904. The molecule has 3 heterocycles. The van der Waals surface area contributed by atoms with Gasteiger partial charge in [-0.15, -0.1) is 11.3 Å². The van der Waals surface area contributed by atoms with E-state index >= 15 is 0 Å². The van der Waals surface area contributed by atoms with Gasteiger partial charge in [-0.25, -0.2) is 4.98 Å². The summed E-state index contributed by atoms with van der Waals surface area (Å²) in [5, 5.41) is 3.83. The van der Waals surface area contributed by atoms with Gasteiger partial charge in [0, 0.05) is 24.2 Å². The molecule has 3 N–H and O–H groups in total. The summed E-state index contributed by atoms with van der Waals surface area (Å²) in [6.45, 7) is 5.80. The number of hydrogen-bond acceptors (Lipinski definition) is 5. The Balaban J connectivity index is 1.67. The van der Waals surface area contributed by atoms with E-state index in [9.17, 15) is 4.79 Å². The van der Waals surface area contributed by atoms with Gasteiger partial charge >= 0.3 is 0 Å². The van der Waals surface area contributed by atoms with E-state index in [0.717, 1.165) is 35.5 Å². The van der Waals surface area contributed by atoms with Crippen LogP contribution in [0.2, 0.25) is 0 Å². The molecule has 0 spiro atoms. The number of rotatable bonds is 4. The van der Waals surface area contributed by atoms with Crippen LogP contribution in [-0.4, -0.2) is 42.0 Å². The SMILES string of the molecule is Cc1ccc2c(N)c(C(=O)NCCN3CCCC3)sc2n1. The minimum absolute atomic E-state index is 0.0904. The van der Waals surface area contributed by atoms with E-state index in [0.29, 0.717) is 17.1 Å². The van der Waals surface area contributed by atoms with E-state index in [2.05, 4.69) is 15.2 Å². The zero-order chi connectivity index (χ0) is 14.8. The molecule has 0 bridgehead atoms. The number of anilines is 1. The number of thiophene rings is 1. The average molecular weight is 304 g/mol. The molecule has 2 aromatic rings. The van der Waals surface area contributed by atoms with E-state index < -0.39 is 0 Å². The minimum Gasteiger partial charge on any atom is -0.397 e. The topological polar surface area (TPSA) is 71.2 Å². The van der Waals surface area contributed by atoms with Crippen molar-refractivity contribution >= 4 is 33.1 Å². The molecule has 112 valence electrons. The van der Waals surface area contributed by atoms with Crippen LogP contribution in [0.1, 0.15) is 28.2 Å². The summed E-state index contributed by atoms with van der Waals surface area (Å²) in [6.07, 6.45) is 2.53. The summed E-state index contributed by atoms with van der Waals surface area (Å²) in [4.78, 5) is 20.5. The first-order chi connectivity index (χ1) is 10.1. The van der Waals surface area contributed by atoms with Gasteiger partial charge in [-0.3, -0.25) is 4.79 Å². The van der Waals surface area contributed by atoms with Crippen LogP contribution in [-0.2, 0) is 0 Å². The zero-order valence-electron chi connectivity index (χ0n) is 12.2. The third-order valence-electron chi connectivity index (χ3n) is 3.85. The highest BCUT2D eigenvalue weighted by atomic mass is 32.1. The molecule has 0 atom stereocenters. The molecular formula is C15H20N4OS. The maximum atomic E-state index is 12.3. The fourth-order valence-corrected chi connectivity index (χ4v) is 3.73. The summed E-state index contributed by atoms with van der Waals surface area (Å²) in [5.74, 6) is -0.0904. The number of hydrogen-bond donors (Lipinski definition) is 2. The summed E-state index contributed by atoms with van der Waals surface area (Å²) >= 11 is 1.37. The summed E-state index contributed by atoms with van der Waals surface area (Å²) < 4.78 is 0. The van der Waals surface area contributed by atoms with Gasteiger partial charge in [0.15, 0.2) is 0 Å². The monoisotopic (exact) mass is 304 g/mol. The largest absolute Gasteiger partial charge is 0.397 e. The van der Waals surface area contributed by atoms with Gasteiger partial charge in [-0.05, 0) is 45.0 Å². The highest BCUT2D eigenvalue weighted by Crippen LogP contribution is 2.32. The smallest absolute Gasteiger partial charge is 0.263 e. The standard InChI is InChI=1S/C15H20N4OS/c1-10-4-5-11-12(16)13(21-15(11)18-10)14(20)17-6-9-19-7-2-3-8-19/h4-5H,2-3,6-9,16H2,1H3,(H,17,20). The summed E-state index contributed by atoms with van der Waals surface area (Å²) in [7, 11) is 0. The highest BCUT2D eigenvalue weighted by molar-refractivity contribution is 7.21. The molecule has 2 aromatic heterocycles. The Morgan fingerprint density at radius 2 is 2.19 bits per heavy atom. The second kappa shape index (κ2) is 5.99. The van der Waals surface area contributed by atoms with Crippen molar-refractivity contribution in [2.45, 2.75) is 19.8 Å². The average Bonchev–Trinajstić information content (AvgIpc) is 3.07. The third kappa shape index (κ3) is 3.01. The lowest BCUT2D eigenvalue weighted by Gasteiger charge is -2.14. The van der Waals surface area contributed by atoms with Gasteiger partial charge in [0.1, 0.15) is 9.71 Å². The Hall–Kier alpha value is -1.66. The molecule has 1 aliphatic rings. The Morgan fingerprint density at radius 3 is 2.95 bits per heavy atom. The Kier molecular flexibility index (Phi) is 4.07. The Morgan fingerprint density at radius 1 is 1.43 bits per heavy atom. The molecule has 1 fully saturated rings. The molecule has 0 radical (unpaired) electrons. The first kappa shape index (κ1) is 14.3. The first-order valence-corrected chi connectivity index (χ1v) is 8.13. The molecular weight excluding hydrogens is 284 g/mol. The molecule has 21 heavy (non-hydrogen) atoms. The number of aromatic nitrogens is 1.